The van der Waals surface area contributed by atoms with Gasteiger partial charge >= 0.3 is 0 Å². The maximum absolute atomic E-state index is 5.50. The van der Waals surface area contributed by atoms with Crippen LogP contribution in [0.2, 0.25) is 0 Å². The highest BCUT2D eigenvalue weighted by molar-refractivity contribution is 5.09. The maximum atomic E-state index is 5.50. The van der Waals surface area contributed by atoms with Crippen molar-refractivity contribution < 1.29 is 4.74 Å². The number of rotatable bonds is 5. The molecule has 1 atom stereocenters. The fraction of sp³-hybridized carbons (Fsp3) is 0.846. The van der Waals surface area contributed by atoms with Crippen molar-refractivity contribution in [2.24, 2.45) is 11.8 Å². The van der Waals surface area contributed by atoms with Gasteiger partial charge in [-0.15, -0.1) is 0 Å². The van der Waals surface area contributed by atoms with E-state index in [9.17, 15) is 0 Å². The minimum atomic E-state index is 0.644. The second-order valence-electron chi connectivity index (χ2n) is 4.65. The van der Waals surface area contributed by atoms with Gasteiger partial charge in [0.05, 0.1) is 6.61 Å². The van der Waals surface area contributed by atoms with Gasteiger partial charge < -0.3 is 10.1 Å². The Hall–Kier alpha value is -0.340. The minimum Gasteiger partial charge on any atom is -0.381 e. The first-order chi connectivity index (χ1) is 7.24. The third kappa shape index (κ3) is 4.80. The lowest BCUT2D eigenvalue weighted by molar-refractivity contribution is 0.0706. The largest absolute Gasteiger partial charge is 0.381 e. The van der Waals surface area contributed by atoms with E-state index in [0.717, 1.165) is 26.3 Å². The molecular formula is C13H25NO. The van der Waals surface area contributed by atoms with Crippen molar-refractivity contribution in [3.8, 4) is 0 Å². The van der Waals surface area contributed by atoms with Crippen molar-refractivity contribution >= 4 is 0 Å². The number of hydrogen-bond donors (Lipinski definition) is 1. The lowest BCUT2D eigenvalue weighted by Gasteiger charge is -2.22. The van der Waals surface area contributed by atoms with Gasteiger partial charge in [0, 0.05) is 19.1 Å². The van der Waals surface area contributed by atoms with E-state index in [-0.39, 0.29) is 0 Å². The normalized spacial score (nSPS) is 23.5. The Labute approximate surface area is 94.1 Å². The van der Waals surface area contributed by atoms with Gasteiger partial charge in [-0.3, -0.25) is 0 Å². The molecule has 0 aliphatic carbocycles. The maximum Gasteiger partial charge on any atom is 0.0528 e. The molecule has 1 heterocycles. The zero-order valence-corrected chi connectivity index (χ0v) is 10.4. The number of likely N-dealkylation sites (N-methyl/N-ethyl adjacent to an activating group) is 1. The Morgan fingerprint density at radius 1 is 1.53 bits per heavy atom. The fourth-order valence-electron chi connectivity index (χ4n) is 1.92. The molecule has 1 fully saturated rings. The summed E-state index contributed by atoms with van der Waals surface area (Å²) in [7, 11) is 0. The Bertz CT molecular complexity index is 193. The highest BCUT2D eigenvalue weighted by atomic mass is 16.5. The summed E-state index contributed by atoms with van der Waals surface area (Å²) in [5.74, 6) is 1.29. The first kappa shape index (κ1) is 12.7. The highest BCUT2D eigenvalue weighted by Crippen LogP contribution is 2.19. The highest BCUT2D eigenvalue weighted by Gasteiger charge is 2.13. The lowest BCUT2D eigenvalue weighted by Crippen LogP contribution is -2.21. The zero-order chi connectivity index (χ0) is 11.1. The van der Waals surface area contributed by atoms with Crippen LogP contribution in [-0.2, 0) is 4.74 Å². The molecule has 0 spiro atoms. The van der Waals surface area contributed by atoms with Crippen LogP contribution in [0.4, 0.5) is 0 Å². The van der Waals surface area contributed by atoms with Crippen LogP contribution < -0.4 is 5.32 Å². The van der Waals surface area contributed by atoms with Gasteiger partial charge in [0.2, 0.25) is 0 Å². The van der Waals surface area contributed by atoms with Crippen LogP contribution in [0.5, 0.6) is 0 Å². The summed E-state index contributed by atoms with van der Waals surface area (Å²) >= 11 is 0. The fourth-order valence-corrected chi connectivity index (χ4v) is 1.92. The molecule has 1 aliphatic heterocycles. The molecule has 2 nitrogen and oxygen atoms in total. The third-order valence-electron chi connectivity index (χ3n) is 2.97. The summed E-state index contributed by atoms with van der Waals surface area (Å²) in [5.41, 5.74) is 1.53. The molecule has 2 heteroatoms. The Balaban J connectivity index is 2.48. The van der Waals surface area contributed by atoms with Crippen molar-refractivity contribution in [2.75, 3.05) is 26.3 Å². The summed E-state index contributed by atoms with van der Waals surface area (Å²) in [4.78, 5) is 0. The predicted molar refractivity (Wildman–Crippen MR) is 65.0 cm³/mol. The van der Waals surface area contributed by atoms with Gasteiger partial charge in [0.15, 0.2) is 0 Å². The quantitative estimate of drug-likeness (QED) is 0.706. The first-order valence-electron chi connectivity index (χ1n) is 6.23. The van der Waals surface area contributed by atoms with E-state index >= 15 is 0 Å². The molecule has 88 valence electrons. The van der Waals surface area contributed by atoms with Gasteiger partial charge in [0.1, 0.15) is 0 Å². The van der Waals surface area contributed by atoms with Gasteiger partial charge in [-0.25, -0.2) is 0 Å². The zero-order valence-electron chi connectivity index (χ0n) is 10.4. The van der Waals surface area contributed by atoms with E-state index in [0.29, 0.717) is 11.8 Å². The molecule has 1 unspecified atom stereocenters. The molecule has 0 bridgehead atoms. The van der Waals surface area contributed by atoms with Crippen molar-refractivity contribution in [3.63, 3.8) is 0 Å². The molecule has 15 heavy (non-hydrogen) atoms. The van der Waals surface area contributed by atoms with Gasteiger partial charge in [-0.2, -0.15) is 0 Å². The van der Waals surface area contributed by atoms with Gasteiger partial charge in [-0.05, 0) is 25.3 Å². The Morgan fingerprint density at radius 3 is 2.87 bits per heavy atom. The summed E-state index contributed by atoms with van der Waals surface area (Å²) < 4.78 is 5.50. The topological polar surface area (TPSA) is 21.3 Å². The number of ether oxygens (including phenoxy) is 1. The SMILES string of the molecule is CCNCC(=CC1CCCOC1)C(C)C. The van der Waals surface area contributed by atoms with E-state index in [1.165, 1.54) is 18.4 Å². The van der Waals surface area contributed by atoms with Gasteiger partial charge in [0.25, 0.3) is 0 Å². The first-order valence-corrected chi connectivity index (χ1v) is 6.23. The van der Waals surface area contributed by atoms with Crippen molar-refractivity contribution in [1.29, 1.82) is 0 Å². The summed E-state index contributed by atoms with van der Waals surface area (Å²) in [6, 6.07) is 0. The third-order valence-corrected chi connectivity index (χ3v) is 2.97. The van der Waals surface area contributed by atoms with Crippen LogP contribution in [0.3, 0.4) is 0 Å². The van der Waals surface area contributed by atoms with Crippen LogP contribution in [0.15, 0.2) is 11.6 Å². The van der Waals surface area contributed by atoms with Crippen molar-refractivity contribution in [2.45, 2.75) is 33.6 Å². The standard InChI is InChI=1S/C13H25NO/c1-4-14-9-13(11(2)3)8-12-6-5-7-15-10-12/h8,11-12,14H,4-7,9-10H2,1-3H3. The molecule has 1 N–H and O–H groups in total. The molecule has 0 aromatic heterocycles. The van der Waals surface area contributed by atoms with E-state index < -0.39 is 0 Å². The molecule has 0 amide bonds. The second-order valence-corrected chi connectivity index (χ2v) is 4.65. The van der Waals surface area contributed by atoms with Crippen LogP contribution in [-0.4, -0.2) is 26.3 Å². The molecule has 1 aliphatic rings. The molecule has 1 rings (SSSR count). The van der Waals surface area contributed by atoms with E-state index in [4.69, 9.17) is 4.74 Å². The lowest BCUT2D eigenvalue weighted by atomic mass is 9.94. The average Bonchev–Trinajstić information content (AvgIpc) is 2.25. The molecule has 1 saturated heterocycles. The average molecular weight is 211 g/mol. The molecule has 0 aromatic carbocycles. The van der Waals surface area contributed by atoms with Crippen LogP contribution >= 0.6 is 0 Å². The van der Waals surface area contributed by atoms with E-state index in [1.54, 1.807) is 0 Å². The summed E-state index contributed by atoms with van der Waals surface area (Å²) in [6.45, 7) is 10.6. The molecule has 0 saturated carbocycles. The van der Waals surface area contributed by atoms with Crippen LogP contribution in [0, 0.1) is 11.8 Å². The van der Waals surface area contributed by atoms with E-state index in [1.807, 2.05) is 0 Å². The van der Waals surface area contributed by atoms with E-state index in [2.05, 4.69) is 32.2 Å². The molecule has 0 aromatic rings. The van der Waals surface area contributed by atoms with Crippen LogP contribution in [0.1, 0.15) is 33.6 Å². The monoisotopic (exact) mass is 211 g/mol. The number of nitrogens with one attached hydrogen (secondary N) is 1. The Morgan fingerprint density at radius 2 is 2.33 bits per heavy atom. The number of hydrogen-bond acceptors (Lipinski definition) is 2. The second kappa shape index (κ2) is 7.02. The molecule has 0 radical (unpaired) electrons. The van der Waals surface area contributed by atoms with Crippen molar-refractivity contribution in [1.82, 2.24) is 5.32 Å². The Kier molecular flexibility index (Phi) is 5.96. The smallest absolute Gasteiger partial charge is 0.0528 e. The van der Waals surface area contributed by atoms with Crippen molar-refractivity contribution in [3.05, 3.63) is 11.6 Å². The van der Waals surface area contributed by atoms with Crippen LogP contribution in [0.25, 0.3) is 0 Å². The molecular weight excluding hydrogens is 186 g/mol. The summed E-state index contributed by atoms with van der Waals surface area (Å²) in [5, 5.41) is 3.41. The summed E-state index contributed by atoms with van der Waals surface area (Å²) in [6.07, 6.45) is 4.95. The predicted octanol–water partition coefficient (Wildman–Crippen LogP) is 2.60. The minimum absolute atomic E-state index is 0.644. The van der Waals surface area contributed by atoms with Gasteiger partial charge in [-0.1, -0.05) is 32.4 Å².